The van der Waals surface area contributed by atoms with Crippen LogP contribution in [0.2, 0.25) is 0 Å². The fraction of sp³-hybridized carbons (Fsp3) is 0.200. The van der Waals surface area contributed by atoms with Crippen LogP contribution in [0.25, 0.3) is 0 Å². The van der Waals surface area contributed by atoms with Gasteiger partial charge in [-0.25, -0.2) is 0 Å². The summed E-state index contributed by atoms with van der Waals surface area (Å²) in [5.41, 5.74) is 1.39. The minimum Gasteiger partial charge on any atom is -0.375 e. The second-order valence-corrected chi connectivity index (χ2v) is 7.45. The van der Waals surface area contributed by atoms with Crippen molar-refractivity contribution in [3.63, 3.8) is 0 Å². The number of hydrogen-bond donors (Lipinski definition) is 1. The first kappa shape index (κ1) is 19.1. The lowest BCUT2D eigenvalue weighted by Crippen LogP contribution is -2.42. The Morgan fingerprint density at radius 2 is 1.41 bits per heavy atom. The Hall–Kier alpha value is -3.24. The van der Waals surface area contributed by atoms with Crippen LogP contribution in [-0.2, 0) is 28.0 Å². The van der Waals surface area contributed by atoms with Gasteiger partial charge in [0.15, 0.2) is 5.60 Å². The molecular formula is C25H23NO3. The van der Waals surface area contributed by atoms with Crippen LogP contribution in [0.4, 0.5) is 5.69 Å². The first-order chi connectivity index (χ1) is 14.1. The predicted octanol–water partition coefficient (Wildman–Crippen LogP) is 3.67. The molecule has 3 aromatic carbocycles. The molecule has 146 valence electrons. The molecule has 1 N–H and O–H groups in total. The van der Waals surface area contributed by atoms with Crippen molar-refractivity contribution < 1.29 is 14.7 Å². The minimum absolute atomic E-state index is 0.160. The van der Waals surface area contributed by atoms with Crippen LogP contribution in [0.1, 0.15) is 23.1 Å². The van der Waals surface area contributed by atoms with Gasteiger partial charge in [0.05, 0.1) is 5.69 Å². The Labute approximate surface area is 170 Å². The molecule has 29 heavy (non-hydrogen) atoms. The number of amides is 1. The minimum atomic E-state index is -1.81. The van der Waals surface area contributed by atoms with E-state index in [9.17, 15) is 14.7 Å². The quantitative estimate of drug-likeness (QED) is 0.675. The zero-order chi connectivity index (χ0) is 20.3. The van der Waals surface area contributed by atoms with Crippen molar-refractivity contribution in [2.24, 2.45) is 0 Å². The summed E-state index contributed by atoms with van der Waals surface area (Å²) in [6.45, 7) is 0.453. The van der Waals surface area contributed by atoms with E-state index in [-0.39, 0.29) is 18.6 Å². The number of benzene rings is 3. The summed E-state index contributed by atoms with van der Waals surface area (Å²) < 4.78 is 0. The zero-order valence-corrected chi connectivity index (χ0v) is 16.1. The Bertz CT molecular complexity index is 1020. The average molecular weight is 385 g/mol. The number of aliphatic hydroxyl groups is 1. The first-order valence-corrected chi connectivity index (χ1v) is 9.81. The topological polar surface area (TPSA) is 57.6 Å². The lowest BCUT2D eigenvalue weighted by Gasteiger charge is -2.23. The van der Waals surface area contributed by atoms with Crippen LogP contribution in [0.15, 0.2) is 84.9 Å². The van der Waals surface area contributed by atoms with Crippen molar-refractivity contribution in [2.45, 2.75) is 24.9 Å². The van der Waals surface area contributed by atoms with Crippen LogP contribution < -0.4 is 4.90 Å². The van der Waals surface area contributed by atoms with Gasteiger partial charge < -0.3 is 10.0 Å². The second-order valence-electron chi connectivity index (χ2n) is 7.45. The van der Waals surface area contributed by atoms with Crippen LogP contribution in [0.5, 0.6) is 0 Å². The number of Topliss-reactive ketones (excluding diaryl/α,β-unsaturated/α-hetero) is 1. The van der Waals surface area contributed by atoms with Crippen molar-refractivity contribution in [3.05, 3.63) is 102 Å². The van der Waals surface area contributed by atoms with Gasteiger partial charge in [-0.1, -0.05) is 78.9 Å². The summed E-state index contributed by atoms with van der Waals surface area (Å²) in [5.74, 6) is -0.581. The molecule has 0 aromatic heterocycles. The van der Waals surface area contributed by atoms with Crippen molar-refractivity contribution >= 4 is 17.4 Å². The van der Waals surface area contributed by atoms with Crippen LogP contribution in [0, 0.1) is 0 Å². The normalized spacial score (nSPS) is 18.0. The molecule has 1 unspecified atom stereocenters. The largest absolute Gasteiger partial charge is 0.375 e. The highest BCUT2D eigenvalue weighted by atomic mass is 16.3. The molecule has 0 spiro atoms. The highest BCUT2D eigenvalue weighted by molar-refractivity contribution is 6.09. The van der Waals surface area contributed by atoms with Gasteiger partial charge >= 0.3 is 0 Å². The molecule has 0 aliphatic carbocycles. The van der Waals surface area contributed by atoms with E-state index in [1.165, 1.54) is 0 Å². The third-order valence-electron chi connectivity index (χ3n) is 5.40. The number of anilines is 1. The molecule has 4 heteroatoms. The van der Waals surface area contributed by atoms with E-state index in [1.54, 1.807) is 17.0 Å². The van der Waals surface area contributed by atoms with Gasteiger partial charge in [-0.15, -0.1) is 0 Å². The standard InChI is InChI=1S/C25H23NO3/c27-21(17-20-11-5-2-6-12-20)18-25(29)22-13-7-8-14-23(22)26(24(25)28)16-15-19-9-3-1-4-10-19/h1-14,29H,15-18H2. The molecule has 1 aliphatic rings. The van der Waals surface area contributed by atoms with E-state index >= 15 is 0 Å². The average Bonchev–Trinajstić information content (AvgIpc) is 2.95. The van der Waals surface area contributed by atoms with Gasteiger partial charge in [0, 0.05) is 24.9 Å². The molecule has 0 bridgehead atoms. The van der Waals surface area contributed by atoms with Gasteiger partial charge in [-0.05, 0) is 23.6 Å². The summed E-state index contributed by atoms with van der Waals surface area (Å²) in [5, 5.41) is 11.3. The number of rotatable bonds is 7. The summed E-state index contributed by atoms with van der Waals surface area (Å²) in [7, 11) is 0. The van der Waals surface area contributed by atoms with Crippen molar-refractivity contribution in [2.75, 3.05) is 11.4 Å². The number of hydrogen-bond acceptors (Lipinski definition) is 3. The van der Waals surface area contributed by atoms with E-state index in [2.05, 4.69) is 0 Å². The zero-order valence-electron chi connectivity index (χ0n) is 16.1. The first-order valence-electron chi connectivity index (χ1n) is 9.81. The van der Waals surface area contributed by atoms with Gasteiger partial charge in [0.25, 0.3) is 5.91 Å². The maximum absolute atomic E-state index is 13.2. The SMILES string of the molecule is O=C(Cc1ccccc1)CC1(O)C(=O)N(CCc2ccccc2)c2ccccc21. The molecule has 0 saturated heterocycles. The van der Waals surface area contributed by atoms with Gasteiger partial charge in [0.1, 0.15) is 5.78 Å². The Kier molecular flexibility index (Phi) is 5.28. The maximum atomic E-state index is 13.2. The van der Waals surface area contributed by atoms with Crippen molar-refractivity contribution in [3.8, 4) is 0 Å². The smallest absolute Gasteiger partial charge is 0.264 e. The number of ketones is 1. The number of fused-ring (bicyclic) bond motifs is 1. The Balaban J connectivity index is 1.55. The van der Waals surface area contributed by atoms with Gasteiger partial charge in [-0.2, -0.15) is 0 Å². The van der Waals surface area contributed by atoms with E-state index in [0.29, 0.717) is 24.2 Å². The fourth-order valence-corrected chi connectivity index (χ4v) is 3.96. The van der Waals surface area contributed by atoms with Crippen LogP contribution in [-0.4, -0.2) is 23.3 Å². The van der Waals surface area contributed by atoms with Gasteiger partial charge in [-0.3, -0.25) is 9.59 Å². The fourth-order valence-electron chi connectivity index (χ4n) is 3.96. The number of nitrogens with zero attached hydrogens (tertiary/aromatic N) is 1. The summed E-state index contributed by atoms with van der Waals surface area (Å²) in [6.07, 6.45) is 0.650. The van der Waals surface area contributed by atoms with Crippen LogP contribution in [0.3, 0.4) is 0 Å². The predicted molar refractivity (Wildman–Crippen MR) is 113 cm³/mol. The molecule has 0 fully saturated rings. The van der Waals surface area contributed by atoms with Crippen LogP contribution >= 0.6 is 0 Å². The molecule has 1 heterocycles. The lowest BCUT2D eigenvalue weighted by atomic mass is 9.88. The molecule has 0 radical (unpaired) electrons. The number of carbonyl (C=O) groups excluding carboxylic acids is 2. The number of para-hydroxylation sites is 1. The molecule has 0 saturated carbocycles. The second kappa shape index (κ2) is 8.02. The molecule has 4 rings (SSSR count). The van der Waals surface area contributed by atoms with Crippen molar-refractivity contribution in [1.82, 2.24) is 0 Å². The number of carbonyl (C=O) groups is 2. The Morgan fingerprint density at radius 1 is 0.828 bits per heavy atom. The third kappa shape index (κ3) is 3.84. The molecule has 1 atom stereocenters. The van der Waals surface area contributed by atoms with Gasteiger partial charge in [0.2, 0.25) is 0 Å². The van der Waals surface area contributed by atoms with E-state index in [4.69, 9.17) is 0 Å². The molecule has 1 aliphatic heterocycles. The molecule has 3 aromatic rings. The maximum Gasteiger partial charge on any atom is 0.264 e. The molecule has 1 amide bonds. The Morgan fingerprint density at radius 3 is 2.10 bits per heavy atom. The monoisotopic (exact) mass is 385 g/mol. The highest BCUT2D eigenvalue weighted by Crippen LogP contribution is 2.42. The lowest BCUT2D eigenvalue weighted by molar-refractivity contribution is -0.141. The summed E-state index contributed by atoms with van der Waals surface area (Å²) in [6, 6.07) is 26.5. The summed E-state index contributed by atoms with van der Waals surface area (Å²) in [4.78, 5) is 27.5. The highest BCUT2D eigenvalue weighted by Gasteiger charge is 2.50. The van der Waals surface area contributed by atoms with E-state index < -0.39 is 11.5 Å². The van der Waals surface area contributed by atoms with E-state index in [1.807, 2.05) is 72.8 Å². The third-order valence-corrected chi connectivity index (χ3v) is 5.40. The van der Waals surface area contributed by atoms with E-state index in [0.717, 1.165) is 11.1 Å². The molecule has 4 nitrogen and oxygen atoms in total. The summed E-state index contributed by atoms with van der Waals surface area (Å²) >= 11 is 0. The van der Waals surface area contributed by atoms with Crippen molar-refractivity contribution in [1.29, 1.82) is 0 Å². The molecular weight excluding hydrogens is 362 g/mol.